The molecule has 1 aromatic carbocycles. The number of alkyl halides is 3. The third-order valence-corrected chi connectivity index (χ3v) is 2.44. The van der Waals surface area contributed by atoms with Gasteiger partial charge < -0.3 is 10.5 Å². The summed E-state index contributed by atoms with van der Waals surface area (Å²) in [6, 6.07) is 2.32. The van der Waals surface area contributed by atoms with Crippen LogP contribution in [0.1, 0.15) is 10.5 Å². The van der Waals surface area contributed by atoms with Crippen LogP contribution >= 0.6 is 0 Å². The Hall–Kier alpha value is -3.18. The van der Waals surface area contributed by atoms with Crippen LogP contribution in [-0.4, -0.2) is 32.6 Å². The number of nitro groups is 1. The summed E-state index contributed by atoms with van der Waals surface area (Å²) < 4.78 is 40.9. The average Bonchev–Trinajstić information content (AvgIpc) is 2.86. The van der Waals surface area contributed by atoms with Gasteiger partial charge in [-0.2, -0.15) is 15.4 Å². The van der Waals surface area contributed by atoms with Gasteiger partial charge in [-0.05, 0) is 6.07 Å². The lowest BCUT2D eigenvalue weighted by molar-refractivity contribution is -0.384. The van der Waals surface area contributed by atoms with Crippen molar-refractivity contribution < 1.29 is 27.6 Å². The first-order valence-electron chi connectivity index (χ1n) is 5.44. The Morgan fingerprint density at radius 3 is 2.59 bits per heavy atom. The molecule has 0 bridgehead atoms. The number of H-pyrrole nitrogens is 1. The molecule has 0 unspecified atom stereocenters. The molecule has 12 heteroatoms. The van der Waals surface area contributed by atoms with Crippen molar-refractivity contribution in [1.82, 2.24) is 15.4 Å². The molecule has 0 aliphatic heterocycles. The second-order valence-corrected chi connectivity index (χ2v) is 3.87. The van der Waals surface area contributed by atoms with E-state index in [0.717, 1.165) is 18.2 Å². The van der Waals surface area contributed by atoms with Crippen molar-refractivity contribution >= 4 is 11.6 Å². The van der Waals surface area contributed by atoms with E-state index in [1.807, 2.05) is 5.21 Å². The van der Waals surface area contributed by atoms with Gasteiger partial charge in [0.25, 0.3) is 11.6 Å². The predicted molar refractivity (Wildman–Crippen MR) is 63.7 cm³/mol. The molecule has 9 nitrogen and oxygen atoms in total. The molecule has 0 spiro atoms. The smallest absolute Gasteiger partial charge is 0.405 e. The van der Waals surface area contributed by atoms with Gasteiger partial charge in [0.15, 0.2) is 5.69 Å². The molecule has 0 aliphatic carbocycles. The SMILES string of the molecule is NC(=O)c1n[nH]nc1-c1cc([N+](=O)[O-])ccc1OC(F)(F)F. The number of primary amides is 1. The Morgan fingerprint density at radius 1 is 1.36 bits per heavy atom. The molecule has 0 atom stereocenters. The summed E-state index contributed by atoms with van der Waals surface area (Å²) in [4.78, 5) is 21.1. The van der Waals surface area contributed by atoms with E-state index in [0.29, 0.717) is 0 Å². The standard InChI is InChI=1S/C10H6F3N5O4/c11-10(12,13)22-6-2-1-4(18(20)21)3-5(6)7-8(9(14)19)16-17-15-7/h1-3H,(H2,14,19)(H,15,16,17). The second kappa shape index (κ2) is 5.31. The van der Waals surface area contributed by atoms with Crippen LogP contribution < -0.4 is 10.5 Å². The van der Waals surface area contributed by atoms with Gasteiger partial charge in [-0.15, -0.1) is 13.2 Å². The number of nitrogens with zero attached hydrogens (tertiary/aromatic N) is 3. The minimum atomic E-state index is -5.04. The topological polar surface area (TPSA) is 137 Å². The van der Waals surface area contributed by atoms with Crippen LogP contribution in [0.3, 0.4) is 0 Å². The second-order valence-electron chi connectivity index (χ2n) is 3.87. The maximum absolute atomic E-state index is 12.4. The number of nitro benzene ring substituents is 1. The fourth-order valence-electron chi connectivity index (χ4n) is 1.62. The summed E-state index contributed by atoms with van der Waals surface area (Å²) in [5.41, 5.74) is 3.17. The highest BCUT2D eigenvalue weighted by atomic mass is 19.4. The van der Waals surface area contributed by atoms with Crippen molar-refractivity contribution in [1.29, 1.82) is 0 Å². The largest absolute Gasteiger partial charge is 0.573 e. The third-order valence-electron chi connectivity index (χ3n) is 2.44. The number of hydrogen-bond donors (Lipinski definition) is 2. The first-order chi connectivity index (χ1) is 10.2. The minimum Gasteiger partial charge on any atom is -0.405 e. The maximum atomic E-state index is 12.4. The number of amides is 1. The molecular formula is C10H6F3N5O4. The molecule has 0 saturated carbocycles. The molecule has 1 amide bonds. The van der Waals surface area contributed by atoms with Gasteiger partial charge in [-0.3, -0.25) is 14.9 Å². The van der Waals surface area contributed by atoms with Gasteiger partial charge >= 0.3 is 6.36 Å². The molecule has 116 valence electrons. The number of non-ortho nitro benzene ring substituents is 1. The summed E-state index contributed by atoms with van der Waals surface area (Å²) in [7, 11) is 0. The van der Waals surface area contributed by atoms with E-state index in [9.17, 15) is 28.1 Å². The average molecular weight is 317 g/mol. The number of carbonyl (C=O) groups excluding carboxylic acids is 1. The van der Waals surface area contributed by atoms with Crippen LogP contribution in [0.2, 0.25) is 0 Å². The molecule has 0 aliphatic rings. The zero-order chi connectivity index (χ0) is 16.5. The van der Waals surface area contributed by atoms with E-state index in [1.165, 1.54) is 0 Å². The number of aromatic nitrogens is 3. The minimum absolute atomic E-state index is 0.393. The maximum Gasteiger partial charge on any atom is 0.573 e. The Morgan fingerprint density at radius 2 is 2.05 bits per heavy atom. The number of hydrogen-bond acceptors (Lipinski definition) is 6. The van der Waals surface area contributed by atoms with Crippen molar-refractivity contribution in [2.45, 2.75) is 6.36 Å². The lowest BCUT2D eigenvalue weighted by Crippen LogP contribution is -2.18. The summed E-state index contributed by atoms with van der Waals surface area (Å²) in [5.74, 6) is -1.86. The highest BCUT2D eigenvalue weighted by molar-refractivity contribution is 5.97. The Bertz CT molecular complexity index is 742. The van der Waals surface area contributed by atoms with Crippen LogP contribution in [0, 0.1) is 10.1 Å². The molecule has 22 heavy (non-hydrogen) atoms. The molecule has 2 aromatic rings. The van der Waals surface area contributed by atoms with Crippen LogP contribution in [0.4, 0.5) is 18.9 Å². The molecule has 0 fully saturated rings. The molecule has 1 heterocycles. The first kappa shape index (κ1) is 15.2. The van der Waals surface area contributed by atoms with Crippen LogP contribution in [0.25, 0.3) is 11.3 Å². The highest BCUT2D eigenvalue weighted by Crippen LogP contribution is 2.36. The van der Waals surface area contributed by atoms with Gasteiger partial charge in [0.05, 0.1) is 10.5 Å². The quantitative estimate of drug-likeness (QED) is 0.645. The van der Waals surface area contributed by atoms with E-state index >= 15 is 0 Å². The van der Waals surface area contributed by atoms with E-state index < -0.39 is 45.6 Å². The number of carbonyl (C=O) groups is 1. The Balaban J connectivity index is 2.64. The molecule has 0 radical (unpaired) electrons. The van der Waals surface area contributed by atoms with E-state index in [2.05, 4.69) is 14.9 Å². The fourth-order valence-corrected chi connectivity index (χ4v) is 1.62. The third kappa shape index (κ3) is 3.11. The van der Waals surface area contributed by atoms with E-state index in [-0.39, 0.29) is 0 Å². The van der Waals surface area contributed by atoms with Crippen molar-refractivity contribution in [2.75, 3.05) is 0 Å². The fraction of sp³-hybridized carbons (Fsp3) is 0.100. The first-order valence-corrected chi connectivity index (χ1v) is 5.44. The molecule has 2 rings (SSSR count). The molecule has 3 N–H and O–H groups in total. The monoisotopic (exact) mass is 317 g/mol. The van der Waals surface area contributed by atoms with Crippen LogP contribution in [0.5, 0.6) is 5.75 Å². The van der Waals surface area contributed by atoms with Gasteiger partial charge in [-0.1, -0.05) is 0 Å². The lowest BCUT2D eigenvalue weighted by Gasteiger charge is -2.12. The number of nitrogens with one attached hydrogen (secondary N) is 1. The van der Waals surface area contributed by atoms with Gasteiger partial charge in [0.1, 0.15) is 11.4 Å². The number of halogens is 3. The number of ether oxygens (including phenoxy) is 1. The predicted octanol–water partition coefficient (Wildman–Crippen LogP) is 1.38. The Kier molecular flexibility index (Phi) is 3.67. The summed E-state index contributed by atoms with van der Waals surface area (Å²) in [6.07, 6.45) is -5.04. The normalized spacial score (nSPS) is 11.2. The molecule has 0 saturated heterocycles. The molecular weight excluding hydrogens is 311 g/mol. The van der Waals surface area contributed by atoms with E-state index in [4.69, 9.17) is 5.73 Å². The van der Waals surface area contributed by atoms with Crippen LogP contribution in [-0.2, 0) is 0 Å². The summed E-state index contributed by atoms with van der Waals surface area (Å²) in [5, 5.41) is 19.6. The van der Waals surface area contributed by atoms with Crippen LogP contribution in [0.15, 0.2) is 18.2 Å². The van der Waals surface area contributed by atoms with Gasteiger partial charge in [-0.25, -0.2) is 0 Å². The molecule has 1 aromatic heterocycles. The van der Waals surface area contributed by atoms with Crippen molar-refractivity contribution in [3.63, 3.8) is 0 Å². The number of nitrogens with two attached hydrogens (primary N) is 1. The van der Waals surface area contributed by atoms with Crippen molar-refractivity contribution in [3.8, 4) is 17.0 Å². The van der Waals surface area contributed by atoms with E-state index in [1.54, 1.807) is 0 Å². The highest BCUT2D eigenvalue weighted by Gasteiger charge is 2.33. The number of aromatic amines is 1. The van der Waals surface area contributed by atoms with Gasteiger partial charge in [0, 0.05) is 12.1 Å². The lowest BCUT2D eigenvalue weighted by atomic mass is 10.1. The summed E-state index contributed by atoms with van der Waals surface area (Å²) in [6.45, 7) is 0. The number of benzene rings is 1. The van der Waals surface area contributed by atoms with Crippen molar-refractivity contribution in [3.05, 3.63) is 34.0 Å². The zero-order valence-electron chi connectivity index (χ0n) is 10.4. The summed E-state index contributed by atoms with van der Waals surface area (Å²) >= 11 is 0. The van der Waals surface area contributed by atoms with Gasteiger partial charge in [0.2, 0.25) is 0 Å². The van der Waals surface area contributed by atoms with Crippen molar-refractivity contribution in [2.24, 2.45) is 5.73 Å². The zero-order valence-corrected chi connectivity index (χ0v) is 10.4. The Labute approximate surface area is 119 Å². The number of rotatable bonds is 4.